The van der Waals surface area contributed by atoms with E-state index in [1.54, 1.807) is 6.92 Å². The summed E-state index contributed by atoms with van der Waals surface area (Å²) < 4.78 is 0. The number of rotatable bonds is 4. The second kappa shape index (κ2) is 6.21. The van der Waals surface area contributed by atoms with Gasteiger partial charge in [0.05, 0.1) is 0 Å². The summed E-state index contributed by atoms with van der Waals surface area (Å²) in [6.07, 6.45) is 0. The first kappa shape index (κ1) is 13.5. The van der Waals surface area contributed by atoms with Crippen LogP contribution < -0.4 is 0 Å². The average molecular weight is 228 g/mol. The number of hydrogen-bond donors (Lipinski definition) is 1. The third-order valence-corrected chi connectivity index (χ3v) is 3.49. The number of aliphatic hydroxyl groups excluding tert-OH is 1. The summed E-state index contributed by atoms with van der Waals surface area (Å²) >= 11 is 0. The van der Waals surface area contributed by atoms with Gasteiger partial charge in [0.1, 0.15) is 0 Å². The normalized spacial score (nSPS) is 20.2. The molecule has 16 heavy (non-hydrogen) atoms. The van der Waals surface area contributed by atoms with Crippen molar-refractivity contribution in [3.63, 3.8) is 0 Å². The Balaban J connectivity index is 2.33. The van der Waals surface area contributed by atoms with Crippen LogP contribution in [-0.2, 0) is 4.79 Å². The Hall–Kier alpha value is -0.610. The summed E-state index contributed by atoms with van der Waals surface area (Å²) in [5.74, 6) is 1.03. The topological polar surface area (TPSA) is 43.8 Å². The highest BCUT2D eigenvalue weighted by Gasteiger charge is 2.22. The second-order valence-electron chi connectivity index (χ2n) is 4.99. The van der Waals surface area contributed by atoms with Gasteiger partial charge in [0.2, 0.25) is 5.91 Å². The maximum Gasteiger partial charge on any atom is 0.219 e. The van der Waals surface area contributed by atoms with E-state index in [0.29, 0.717) is 11.8 Å². The minimum Gasteiger partial charge on any atom is -0.396 e. The fourth-order valence-electron chi connectivity index (χ4n) is 2.06. The van der Waals surface area contributed by atoms with E-state index in [4.69, 9.17) is 0 Å². The molecule has 4 nitrogen and oxygen atoms in total. The summed E-state index contributed by atoms with van der Waals surface area (Å²) in [7, 11) is 0. The van der Waals surface area contributed by atoms with E-state index in [1.807, 2.05) is 4.90 Å². The Bertz CT molecular complexity index is 223. The molecule has 1 rings (SSSR count). The summed E-state index contributed by atoms with van der Waals surface area (Å²) in [6.45, 7) is 10.6. The molecule has 1 unspecified atom stereocenters. The molecule has 0 spiro atoms. The van der Waals surface area contributed by atoms with Crippen molar-refractivity contribution in [2.75, 3.05) is 39.3 Å². The molecule has 1 amide bonds. The number of hydrogen-bond acceptors (Lipinski definition) is 3. The van der Waals surface area contributed by atoms with E-state index < -0.39 is 0 Å². The van der Waals surface area contributed by atoms with Crippen LogP contribution in [0.5, 0.6) is 0 Å². The van der Waals surface area contributed by atoms with Crippen LogP contribution in [0.15, 0.2) is 0 Å². The fraction of sp³-hybridized carbons (Fsp3) is 0.917. The zero-order valence-electron chi connectivity index (χ0n) is 10.6. The number of piperazine rings is 1. The molecular weight excluding hydrogens is 204 g/mol. The van der Waals surface area contributed by atoms with Crippen LogP contribution in [-0.4, -0.2) is 60.1 Å². The van der Waals surface area contributed by atoms with Crippen molar-refractivity contribution in [3.8, 4) is 0 Å². The molecule has 0 saturated carbocycles. The van der Waals surface area contributed by atoms with Gasteiger partial charge in [-0.05, 0) is 11.8 Å². The predicted octanol–water partition coefficient (Wildman–Crippen LogP) is 0.415. The van der Waals surface area contributed by atoms with Crippen LogP contribution in [0, 0.1) is 11.8 Å². The Morgan fingerprint density at radius 1 is 1.25 bits per heavy atom. The number of carbonyl (C=O) groups excluding carboxylic acids is 1. The van der Waals surface area contributed by atoms with Crippen LogP contribution in [0.25, 0.3) is 0 Å². The first-order valence-corrected chi connectivity index (χ1v) is 6.13. The van der Waals surface area contributed by atoms with Crippen molar-refractivity contribution in [1.82, 2.24) is 9.80 Å². The Morgan fingerprint density at radius 3 is 2.19 bits per heavy atom. The van der Waals surface area contributed by atoms with E-state index in [-0.39, 0.29) is 12.5 Å². The standard InChI is InChI=1S/C12H24N2O2/c1-10(2)12(9-15)8-13-4-6-14(7-5-13)11(3)16/h10,12,15H,4-9H2,1-3H3. The molecule has 0 aromatic heterocycles. The van der Waals surface area contributed by atoms with E-state index in [9.17, 15) is 9.90 Å². The van der Waals surface area contributed by atoms with Gasteiger partial charge in [-0.2, -0.15) is 0 Å². The van der Waals surface area contributed by atoms with Crippen molar-refractivity contribution >= 4 is 5.91 Å². The monoisotopic (exact) mass is 228 g/mol. The molecule has 1 saturated heterocycles. The highest BCUT2D eigenvalue weighted by atomic mass is 16.3. The first-order valence-electron chi connectivity index (χ1n) is 6.13. The van der Waals surface area contributed by atoms with Crippen LogP contribution in [0.1, 0.15) is 20.8 Å². The molecule has 1 aliphatic rings. The van der Waals surface area contributed by atoms with Crippen molar-refractivity contribution in [1.29, 1.82) is 0 Å². The maximum absolute atomic E-state index is 11.2. The SMILES string of the molecule is CC(=O)N1CCN(CC(CO)C(C)C)CC1. The predicted molar refractivity (Wildman–Crippen MR) is 64.1 cm³/mol. The van der Waals surface area contributed by atoms with Gasteiger partial charge in [0.15, 0.2) is 0 Å². The van der Waals surface area contributed by atoms with E-state index in [2.05, 4.69) is 18.7 Å². The van der Waals surface area contributed by atoms with Crippen LogP contribution in [0.4, 0.5) is 0 Å². The molecule has 0 aromatic carbocycles. The summed E-state index contributed by atoms with van der Waals surface area (Å²) in [5, 5.41) is 9.28. The second-order valence-corrected chi connectivity index (χ2v) is 4.99. The third kappa shape index (κ3) is 3.76. The van der Waals surface area contributed by atoms with Gasteiger partial charge >= 0.3 is 0 Å². The highest BCUT2D eigenvalue weighted by molar-refractivity contribution is 5.73. The zero-order chi connectivity index (χ0) is 12.1. The smallest absolute Gasteiger partial charge is 0.219 e. The molecule has 1 atom stereocenters. The number of nitrogens with zero attached hydrogens (tertiary/aromatic N) is 2. The zero-order valence-corrected chi connectivity index (χ0v) is 10.6. The minimum atomic E-state index is 0.169. The molecule has 4 heteroatoms. The number of amides is 1. The quantitative estimate of drug-likeness (QED) is 0.758. The molecule has 1 heterocycles. The largest absolute Gasteiger partial charge is 0.396 e. The van der Waals surface area contributed by atoms with Crippen molar-refractivity contribution in [3.05, 3.63) is 0 Å². The molecule has 0 aromatic rings. The molecule has 1 fully saturated rings. The Labute approximate surface area is 98.2 Å². The van der Waals surface area contributed by atoms with E-state index >= 15 is 0 Å². The summed E-state index contributed by atoms with van der Waals surface area (Å²) in [4.78, 5) is 15.4. The van der Waals surface area contributed by atoms with Crippen LogP contribution >= 0.6 is 0 Å². The maximum atomic E-state index is 11.2. The van der Waals surface area contributed by atoms with E-state index in [1.165, 1.54) is 0 Å². The fourth-order valence-corrected chi connectivity index (χ4v) is 2.06. The lowest BCUT2D eigenvalue weighted by atomic mass is 9.96. The molecule has 0 bridgehead atoms. The molecule has 0 radical (unpaired) electrons. The van der Waals surface area contributed by atoms with Gasteiger partial charge in [0, 0.05) is 46.3 Å². The molecule has 94 valence electrons. The summed E-state index contributed by atoms with van der Waals surface area (Å²) in [5.41, 5.74) is 0. The lowest BCUT2D eigenvalue weighted by Gasteiger charge is -2.36. The van der Waals surface area contributed by atoms with Gasteiger partial charge < -0.3 is 10.0 Å². The number of aliphatic hydroxyl groups is 1. The lowest BCUT2D eigenvalue weighted by Crippen LogP contribution is -2.49. The third-order valence-electron chi connectivity index (χ3n) is 3.49. The summed E-state index contributed by atoms with van der Waals surface area (Å²) in [6, 6.07) is 0. The van der Waals surface area contributed by atoms with Crippen molar-refractivity contribution in [2.45, 2.75) is 20.8 Å². The van der Waals surface area contributed by atoms with Gasteiger partial charge in [-0.25, -0.2) is 0 Å². The molecule has 1 aliphatic heterocycles. The van der Waals surface area contributed by atoms with Crippen LogP contribution in [0.2, 0.25) is 0 Å². The van der Waals surface area contributed by atoms with Gasteiger partial charge in [-0.1, -0.05) is 13.8 Å². The van der Waals surface area contributed by atoms with Crippen LogP contribution in [0.3, 0.4) is 0 Å². The Kier molecular flexibility index (Phi) is 5.22. The van der Waals surface area contributed by atoms with Gasteiger partial charge in [0.25, 0.3) is 0 Å². The van der Waals surface area contributed by atoms with Crippen molar-refractivity contribution < 1.29 is 9.90 Å². The first-order chi connectivity index (χ1) is 7.54. The average Bonchev–Trinajstić information content (AvgIpc) is 2.26. The highest BCUT2D eigenvalue weighted by Crippen LogP contribution is 2.13. The lowest BCUT2D eigenvalue weighted by molar-refractivity contribution is -0.130. The molecular formula is C12H24N2O2. The Morgan fingerprint density at radius 2 is 1.81 bits per heavy atom. The van der Waals surface area contributed by atoms with Crippen molar-refractivity contribution in [2.24, 2.45) is 11.8 Å². The minimum absolute atomic E-state index is 0.169. The number of carbonyl (C=O) groups is 1. The van der Waals surface area contributed by atoms with Gasteiger partial charge in [-0.15, -0.1) is 0 Å². The van der Waals surface area contributed by atoms with Gasteiger partial charge in [-0.3, -0.25) is 9.69 Å². The molecule has 1 N–H and O–H groups in total. The van der Waals surface area contributed by atoms with E-state index in [0.717, 1.165) is 32.7 Å². The molecule has 0 aliphatic carbocycles.